The van der Waals surface area contributed by atoms with Gasteiger partial charge in [-0.05, 0) is 64.4 Å². The van der Waals surface area contributed by atoms with E-state index in [0.29, 0.717) is 24.3 Å². The normalized spacial score (nSPS) is 13.3. The fourth-order valence-electron chi connectivity index (χ4n) is 4.72. The maximum Gasteiger partial charge on any atom is 0.416 e. The number of hydrogen-bond donors (Lipinski definition) is 2. The average molecular weight is 663 g/mol. The van der Waals surface area contributed by atoms with Crippen LogP contribution in [0.5, 0.6) is 5.75 Å². The number of anilines is 6. The highest BCUT2D eigenvalue weighted by Gasteiger charge is 2.36. The van der Waals surface area contributed by atoms with Crippen molar-refractivity contribution in [2.75, 3.05) is 54.7 Å². The molecule has 0 fully saturated rings. The molecule has 0 unspecified atom stereocenters. The predicted molar refractivity (Wildman–Crippen MR) is 169 cm³/mol. The summed E-state index contributed by atoms with van der Waals surface area (Å²) in [4.78, 5) is 41.1. The molecule has 11 nitrogen and oxygen atoms in total. The van der Waals surface area contributed by atoms with E-state index < -0.39 is 30.3 Å². The maximum atomic E-state index is 13.6. The number of benzene rings is 2. The Hall–Kier alpha value is -4.99. The van der Waals surface area contributed by atoms with Crippen LogP contribution in [0.1, 0.15) is 25.0 Å². The second-order valence-corrected chi connectivity index (χ2v) is 11.2. The van der Waals surface area contributed by atoms with Gasteiger partial charge in [0.2, 0.25) is 11.9 Å². The van der Waals surface area contributed by atoms with Gasteiger partial charge < -0.3 is 30.1 Å². The maximum absolute atomic E-state index is 13.6. The third-order valence-electron chi connectivity index (χ3n) is 7.20. The number of ether oxygens (including phenoxy) is 1. The molecule has 3 amide bonds. The van der Waals surface area contributed by atoms with Gasteiger partial charge in [-0.3, -0.25) is 4.79 Å². The van der Waals surface area contributed by atoms with Crippen LogP contribution < -0.4 is 25.2 Å². The highest BCUT2D eigenvalue weighted by atomic mass is 19.4. The van der Waals surface area contributed by atoms with E-state index in [1.165, 1.54) is 28.1 Å². The zero-order chi connectivity index (χ0) is 34.6. The van der Waals surface area contributed by atoms with Gasteiger partial charge in [-0.2, -0.15) is 26.9 Å². The van der Waals surface area contributed by atoms with Crippen LogP contribution in [-0.4, -0.2) is 78.6 Å². The molecule has 0 spiro atoms. The standard InChI is InChI=1S/C31H35F5N8O3/c1-7-26(45)38-22-14-23(25(47-28(32)33)15-24(22)42(6)13-12-41(4)5)39-29-37-16-19-17-43(18(2)3)30(46)44(27(19)40-29)21-10-8-20(9-11-21)31(34,35)36/h7-11,14-16,18,28H,1,12-13,17H2,2-6H3,(H,38,45)(H,37,39,40). The van der Waals surface area contributed by atoms with Crippen molar-refractivity contribution in [3.63, 3.8) is 0 Å². The molecule has 1 aromatic heterocycles. The van der Waals surface area contributed by atoms with Crippen LogP contribution in [0.2, 0.25) is 0 Å². The summed E-state index contributed by atoms with van der Waals surface area (Å²) < 4.78 is 71.8. The van der Waals surface area contributed by atoms with Crippen molar-refractivity contribution in [2.45, 2.75) is 39.2 Å². The van der Waals surface area contributed by atoms with E-state index >= 15 is 0 Å². The van der Waals surface area contributed by atoms with Crippen LogP contribution in [-0.2, 0) is 17.5 Å². The number of nitrogens with zero attached hydrogens (tertiary/aromatic N) is 6. The molecule has 0 atom stereocenters. The number of alkyl halides is 5. The molecule has 2 heterocycles. The monoisotopic (exact) mass is 662 g/mol. The first kappa shape index (κ1) is 34.9. The predicted octanol–water partition coefficient (Wildman–Crippen LogP) is 6.44. The first-order chi connectivity index (χ1) is 22.1. The highest BCUT2D eigenvalue weighted by molar-refractivity contribution is 6.02. The number of fused-ring (bicyclic) bond motifs is 1. The minimum Gasteiger partial charge on any atom is -0.433 e. The van der Waals surface area contributed by atoms with Gasteiger partial charge in [0.15, 0.2) is 11.6 Å². The summed E-state index contributed by atoms with van der Waals surface area (Å²) in [5.74, 6) is -0.890. The van der Waals surface area contributed by atoms with E-state index in [1.807, 2.05) is 19.0 Å². The lowest BCUT2D eigenvalue weighted by Crippen LogP contribution is -2.48. The van der Waals surface area contributed by atoms with Crippen molar-refractivity contribution in [3.05, 3.63) is 66.4 Å². The fraction of sp³-hybridized carbons (Fsp3) is 0.355. The first-order valence-corrected chi connectivity index (χ1v) is 14.4. The molecule has 0 radical (unpaired) electrons. The lowest BCUT2D eigenvalue weighted by Gasteiger charge is -2.38. The number of carbonyl (C=O) groups is 2. The number of rotatable bonds is 12. The smallest absolute Gasteiger partial charge is 0.416 e. The molecule has 16 heteroatoms. The molecule has 0 saturated carbocycles. The molecule has 0 aliphatic carbocycles. The Morgan fingerprint density at radius 1 is 1.11 bits per heavy atom. The number of carbonyl (C=O) groups excluding carboxylic acids is 2. The minimum absolute atomic E-state index is 0.0404. The summed E-state index contributed by atoms with van der Waals surface area (Å²) in [6.45, 7) is 5.05. The minimum atomic E-state index is -4.58. The van der Waals surface area contributed by atoms with E-state index in [4.69, 9.17) is 4.74 Å². The molecule has 3 aromatic rings. The van der Waals surface area contributed by atoms with Gasteiger partial charge >= 0.3 is 18.8 Å². The van der Waals surface area contributed by atoms with Crippen LogP contribution in [0.15, 0.2) is 55.3 Å². The van der Waals surface area contributed by atoms with Crippen molar-refractivity contribution in [2.24, 2.45) is 0 Å². The Labute approximate surface area is 268 Å². The van der Waals surface area contributed by atoms with Crippen molar-refractivity contribution < 1.29 is 36.3 Å². The molecule has 2 N–H and O–H groups in total. The van der Waals surface area contributed by atoms with Gasteiger partial charge in [0.25, 0.3) is 0 Å². The van der Waals surface area contributed by atoms with Gasteiger partial charge in [-0.25, -0.2) is 14.7 Å². The summed E-state index contributed by atoms with van der Waals surface area (Å²) >= 11 is 0. The Balaban J connectivity index is 1.80. The Morgan fingerprint density at radius 2 is 1.79 bits per heavy atom. The summed E-state index contributed by atoms with van der Waals surface area (Å²) in [6, 6.07) is 5.97. The van der Waals surface area contributed by atoms with Crippen molar-refractivity contribution >= 4 is 46.5 Å². The molecule has 0 saturated heterocycles. The summed E-state index contributed by atoms with van der Waals surface area (Å²) in [5, 5.41) is 5.52. The zero-order valence-corrected chi connectivity index (χ0v) is 26.4. The van der Waals surface area contributed by atoms with Gasteiger partial charge in [0, 0.05) is 44.0 Å². The first-order valence-electron chi connectivity index (χ1n) is 14.4. The third-order valence-corrected chi connectivity index (χ3v) is 7.20. The number of nitrogens with one attached hydrogen (secondary N) is 2. The third kappa shape index (κ3) is 8.24. The van der Waals surface area contributed by atoms with Crippen LogP contribution in [0, 0.1) is 0 Å². The SMILES string of the molecule is C=CC(=O)Nc1cc(Nc2ncc3c(n2)N(c2ccc(C(F)(F)F)cc2)C(=O)N(C(C)C)C3)c(OC(F)F)cc1N(C)CCN(C)C. The number of halogens is 5. The molecule has 252 valence electrons. The van der Waals surface area contributed by atoms with Crippen LogP contribution in [0.3, 0.4) is 0 Å². The summed E-state index contributed by atoms with van der Waals surface area (Å²) in [7, 11) is 5.47. The van der Waals surface area contributed by atoms with E-state index in [2.05, 4.69) is 27.2 Å². The topological polar surface area (TPSA) is 106 Å². The summed E-state index contributed by atoms with van der Waals surface area (Å²) in [5.41, 5.74) is 0.305. The lowest BCUT2D eigenvalue weighted by molar-refractivity contribution is -0.137. The largest absolute Gasteiger partial charge is 0.433 e. The van der Waals surface area contributed by atoms with Crippen LogP contribution in [0.25, 0.3) is 0 Å². The van der Waals surface area contributed by atoms with Crippen LogP contribution >= 0.6 is 0 Å². The Kier molecular flexibility index (Phi) is 10.5. The number of urea groups is 1. The van der Waals surface area contributed by atoms with Gasteiger partial charge in [-0.1, -0.05) is 6.58 Å². The number of amides is 3. The van der Waals surface area contributed by atoms with E-state index in [1.54, 1.807) is 25.8 Å². The molecule has 1 aliphatic heterocycles. The van der Waals surface area contributed by atoms with E-state index in [-0.39, 0.29) is 47.2 Å². The Morgan fingerprint density at radius 3 is 2.36 bits per heavy atom. The quantitative estimate of drug-likeness (QED) is 0.169. The zero-order valence-electron chi connectivity index (χ0n) is 26.4. The molecule has 47 heavy (non-hydrogen) atoms. The number of likely N-dealkylation sites (N-methyl/N-ethyl adjacent to an activating group) is 2. The van der Waals surface area contributed by atoms with E-state index in [0.717, 1.165) is 30.3 Å². The van der Waals surface area contributed by atoms with Crippen LogP contribution in [0.4, 0.5) is 61.3 Å². The second kappa shape index (κ2) is 14.2. The van der Waals surface area contributed by atoms with Crippen molar-refractivity contribution in [1.82, 2.24) is 19.8 Å². The summed E-state index contributed by atoms with van der Waals surface area (Å²) in [6.07, 6.45) is -2.09. The van der Waals surface area contributed by atoms with Gasteiger partial charge in [-0.15, -0.1) is 0 Å². The van der Waals surface area contributed by atoms with Crippen molar-refractivity contribution in [3.8, 4) is 5.75 Å². The molecule has 4 rings (SSSR count). The van der Waals surface area contributed by atoms with Gasteiger partial charge in [0.1, 0.15) is 0 Å². The van der Waals surface area contributed by atoms with E-state index in [9.17, 15) is 31.5 Å². The van der Waals surface area contributed by atoms with Gasteiger partial charge in [0.05, 0.1) is 34.9 Å². The second-order valence-electron chi connectivity index (χ2n) is 11.2. The fourth-order valence-corrected chi connectivity index (χ4v) is 4.72. The molecule has 2 aromatic carbocycles. The number of hydrogen-bond acceptors (Lipinski definition) is 8. The Bertz CT molecular complexity index is 1620. The number of aromatic nitrogens is 2. The molecular weight excluding hydrogens is 627 g/mol. The average Bonchev–Trinajstić information content (AvgIpc) is 2.99. The molecule has 0 bridgehead atoms. The van der Waals surface area contributed by atoms with Crippen molar-refractivity contribution in [1.29, 1.82) is 0 Å². The molecule has 1 aliphatic rings. The molecular formula is C31H35F5N8O3. The highest BCUT2D eigenvalue weighted by Crippen LogP contribution is 2.40. The lowest BCUT2D eigenvalue weighted by atomic mass is 10.1.